The van der Waals surface area contributed by atoms with E-state index in [2.05, 4.69) is 19.9 Å². The Morgan fingerprint density at radius 2 is 1.57 bits per heavy atom. The standard InChI is InChI=1S/C23H24O5/c1-12-6-5-7-18-15(4)20(14(3)13(2)19(12)18)21(24)23(27)28-17-10-8-16(9-11-17)22(25)26/h5-11,13-15,20H,1-4H3,(H,25,26). The van der Waals surface area contributed by atoms with Crippen LogP contribution in [0.1, 0.15) is 59.7 Å². The molecule has 0 saturated carbocycles. The molecular formula is C23H24O5. The van der Waals surface area contributed by atoms with Crippen LogP contribution in [0.5, 0.6) is 5.75 Å². The zero-order valence-electron chi connectivity index (χ0n) is 16.4. The summed E-state index contributed by atoms with van der Waals surface area (Å²) in [6, 6.07) is 11.5. The molecule has 4 unspecified atom stereocenters. The van der Waals surface area contributed by atoms with Gasteiger partial charge >= 0.3 is 11.9 Å². The molecule has 146 valence electrons. The van der Waals surface area contributed by atoms with E-state index >= 15 is 0 Å². The summed E-state index contributed by atoms with van der Waals surface area (Å²) < 4.78 is 5.23. The first kappa shape index (κ1) is 19.8. The van der Waals surface area contributed by atoms with Gasteiger partial charge in [-0.15, -0.1) is 0 Å². The van der Waals surface area contributed by atoms with Gasteiger partial charge < -0.3 is 9.84 Å². The summed E-state index contributed by atoms with van der Waals surface area (Å²) >= 11 is 0. The Kier molecular flexibility index (Phi) is 5.36. The van der Waals surface area contributed by atoms with Crippen molar-refractivity contribution in [1.82, 2.24) is 0 Å². The molecule has 3 rings (SSSR count). The van der Waals surface area contributed by atoms with Crippen molar-refractivity contribution in [1.29, 1.82) is 0 Å². The number of ketones is 1. The number of ether oxygens (including phenoxy) is 1. The number of hydrogen-bond donors (Lipinski definition) is 1. The highest BCUT2D eigenvalue weighted by molar-refractivity contribution is 6.35. The second-order valence-electron chi connectivity index (χ2n) is 7.62. The van der Waals surface area contributed by atoms with Gasteiger partial charge in [0.2, 0.25) is 5.78 Å². The summed E-state index contributed by atoms with van der Waals surface area (Å²) in [4.78, 5) is 36.4. The first-order valence-electron chi connectivity index (χ1n) is 9.41. The van der Waals surface area contributed by atoms with E-state index < -0.39 is 23.6 Å². The lowest BCUT2D eigenvalue weighted by Crippen LogP contribution is -2.40. The third kappa shape index (κ3) is 3.44. The van der Waals surface area contributed by atoms with Crippen LogP contribution in [0.25, 0.3) is 0 Å². The molecule has 5 heteroatoms. The number of carboxylic acids is 1. The Morgan fingerprint density at radius 1 is 0.929 bits per heavy atom. The first-order chi connectivity index (χ1) is 13.2. The highest BCUT2D eigenvalue weighted by atomic mass is 16.5. The Bertz CT molecular complexity index is 929. The molecule has 1 aliphatic carbocycles. The van der Waals surface area contributed by atoms with Crippen molar-refractivity contribution in [2.24, 2.45) is 11.8 Å². The molecule has 0 fully saturated rings. The van der Waals surface area contributed by atoms with Gasteiger partial charge in [-0.3, -0.25) is 4.79 Å². The molecule has 5 nitrogen and oxygen atoms in total. The fraction of sp³-hybridized carbons (Fsp3) is 0.348. The van der Waals surface area contributed by atoms with Crippen LogP contribution in [0.4, 0.5) is 0 Å². The summed E-state index contributed by atoms with van der Waals surface area (Å²) in [5.41, 5.74) is 3.67. The van der Waals surface area contributed by atoms with Crippen molar-refractivity contribution in [2.75, 3.05) is 0 Å². The summed E-state index contributed by atoms with van der Waals surface area (Å²) in [6.45, 7) is 8.16. The fourth-order valence-electron chi connectivity index (χ4n) is 4.37. The molecule has 0 radical (unpaired) electrons. The number of carbonyl (C=O) groups is 3. The van der Waals surface area contributed by atoms with Crippen LogP contribution in [-0.2, 0) is 9.59 Å². The molecule has 1 N–H and O–H groups in total. The summed E-state index contributed by atoms with van der Waals surface area (Å²) in [6.07, 6.45) is 0. The van der Waals surface area contributed by atoms with Crippen molar-refractivity contribution >= 4 is 17.7 Å². The molecule has 0 heterocycles. The van der Waals surface area contributed by atoms with Crippen LogP contribution in [-0.4, -0.2) is 22.8 Å². The van der Waals surface area contributed by atoms with E-state index in [-0.39, 0.29) is 29.1 Å². The minimum atomic E-state index is -1.07. The second kappa shape index (κ2) is 7.58. The molecular weight excluding hydrogens is 356 g/mol. The number of Topliss-reactive ketones (excluding diaryl/α,β-unsaturated/α-hetero) is 1. The average Bonchev–Trinajstić information content (AvgIpc) is 2.66. The van der Waals surface area contributed by atoms with E-state index in [4.69, 9.17) is 9.84 Å². The Labute approximate surface area is 164 Å². The molecule has 2 aromatic rings. The number of aryl methyl sites for hydroxylation is 1. The molecule has 0 saturated heterocycles. The predicted molar refractivity (Wildman–Crippen MR) is 105 cm³/mol. The lowest BCUT2D eigenvalue weighted by atomic mass is 9.63. The van der Waals surface area contributed by atoms with Gasteiger partial charge in [-0.25, -0.2) is 9.59 Å². The molecule has 0 bridgehead atoms. The molecule has 0 amide bonds. The number of fused-ring (bicyclic) bond motifs is 1. The van der Waals surface area contributed by atoms with Crippen molar-refractivity contribution in [2.45, 2.75) is 39.5 Å². The van der Waals surface area contributed by atoms with Crippen LogP contribution in [0.15, 0.2) is 42.5 Å². The molecule has 28 heavy (non-hydrogen) atoms. The summed E-state index contributed by atoms with van der Waals surface area (Å²) in [5.74, 6) is -2.76. The number of rotatable bonds is 4. The lowest BCUT2D eigenvalue weighted by molar-refractivity contribution is -0.150. The van der Waals surface area contributed by atoms with Crippen molar-refractivity contribution in [3.8, 4) is 5.75 Å². The van der Waals surface area contributed by atoms with Gasteiger partial charge in [0, 0.05) is 5.92 Å². The Hall–Kier alpha value is -2.95. The van der Waals surface area contributed by atoms with Crippen LogP contribution >= 0.6 is 0 Å². The zero-order chi connectivity index (χ0) is 20.6. The number of esters is 1. The van der Waals surface area contributed by atoms with Gasteiger partial charge in [0.15, 0.2) is 0 Å². The topological polar surface area (TPSA) is 80.7 Å². The number of carbonyl (C=O) groups excluding carboxylic acids is 2. The van der Waals surface area contributed by atoms with E-state index in [9.17, 15) is 14.4 Å². The molecule has 1 aliphatic rings. The maximum absolute atomic E-state index is 13.0. The SMILES string of the molecule is Cc1cccc2c1C(C)C(C)C(C(=O)C(=O)Oc1ccc(C(=O)O)cc1)C2C. The van der Waals surface area contributed by atoms with Gasteiger partial charge in [-0.05, 0) is 65.6 Å². The van der Waals surface area contributed by atoms with Gasteiger partial charge in [-0.1, -0.05) is 39.0 Å². The number of benzene rings is 2. The van der Waals surface area contributed by atoms with E-state index in [0.29, 0.717) is 0 Å². The lowest BCUT2D eigenvalue weighted by Gasteiger charge is -2.40. The van der Waals surface area contributed by atoms with Crippen LogP contribution in [0.3, 0.4) is 0 Å². The van der Waals surface area contributed by atoms with Crippen LogP contribution in [0, 0.1) is 18.8 Å². The minimum absolute atomic E-state index is 0.00182. The normalized spacial score (nSPS) is 23.6. The minimum Gasteiger partial charge on any atom is -0.478 e. The van der Waals surface area contributed by atoms with Crippen molar-refractivity contribution in [3.05, 3.63) is 64.7 Å². The van der Waals surface area contributed by atoms with Crippen molar-refractivity contribution < 1.29 is 24.2 Å². The van der Waals surface area contributed by atoms with E-state index in [0.717, 1.165) is 5.56 Å². The predicted octanol–water partition coefficient (Wildman–Crippen LogP) is 4.34. The summed E-state index contributed by atoms with van der Waals surface area (Å²) in [7, 11) is 0. The molecule has 0 spiro atoms. The largest absolute Gasteiger partial charge is 0.478 e. The number of aromatic carboxylic acids is 1. The average molecular weight is 380 g/mol. The monoisotopic (exact) mass is 380 g/mol. The first-order valence-corrected chi connectivity index (χ1v) is 9.41. The van der Waals surface area contributed by atoms with E-state index in [1.165, 1.54) is 35.4 Å². The molecule has 2 aromatic carbocycles. The second-order valence-corrected chi connectivity index (χ2v) is 7.62. The van der Waals surface area contributed by atoms with Gasteiger partial charge in [0.1, 0.15) is 5.75 Å². The van der Waals surface area contributed by atoms with Crippen LogP contribution < -0.4 is 4.74 Å². The molecule has 0 aliphatic heterocycles. The smallest absolute Gasteiger partial charge is 0.380 e. The molecule has 4 atom stereocenters. The zero-order valence-corrected chi connectivity index (χ0v) is 16.4. The third-order valence-corrected chi connectivity index (χ3v) is 6.01. The highest BCUT2D eigenvalue weighted by Gasteiger charge is 2.43. The van der Waals surface area contributed by atoms with E-state index in [1.807, 2.05) is 26.0 Å². The third-order valence-electron chi connectivity index (χ3n) is 6.01. The Balaban J connectivity index is 1.83. The quantitative estimate of drug-likeness (QED) is 0.485. The number of hydrogen-bond acceptors (Lipinski definition) is 4. The van der Waals surface area contributed by atoms with Crippen molar-refractivity contribution in [3.63, 3.8) is 0 Å². The maximum Gasteiger partial charge on any atom is 0.380 e. The van der Waals surface area contributed by atoms with Gasteiger partial charge in [0.05, 0.1) is 5.56 Å². The van der Waals surface area contributed by atoms with E-state index in [1.54, 1.807) is 0 Å². The van der Waals surface area contributed by atoms with Crippen LogP contribution in [0.2, 0.25) is 0 Å². The molecule has 0 aromatic heterocycles. The number of carboxylic acid groups (broad SMARTS) is 1. The highest BCUT2D eigenvalue weighted by Crippen LogP contribution is 2.47. The fourth-order valence-corrected chi connectivity index (χ4v) is 4.37. The maximum atomic E-state index is 13.0. The summed E-state index contributed by atoms with van der Waals surface area (Å²) in [5, 5.41) is 8.94. The Morgan fingerprint density at radius 3 is 2.18 bits per heavy atom. The van der Waals surface area contributed by atoms with Gasteiger partial charge in [-0.2, -0.15) is 0 Å². The van der Waals surface area contributed by atoms with Gasteiger partial charge in [0.25, 0.3) is 0 Å².